The lowest BCUT2D eigenvalue weighted by Gasteiger charge is -2.17. The Morgan fingerprint density at radius 1 is 1.21 bits per heavy atom. The maximum Gasteiger partial charge on any atom is 0.338 e. The molecule has 28 heavy (non-hydrogen) atoms. The fraction of sp³-hybridized carbons (Fsp3) is 0.500. The van der Waals surface area contributed by atoms with Crippen LogP contribution in [-0.4, -0.2) is 60.0 Å². The molecule has 3 rings (SSSR count). The summed E-state index contributed by atoms with van der Waals surface area (Å²) in [6, 6.07) is 4.14. The molecule has 1 saturated heterocycles. The Hall–Kier alpha value is -2.74. The molecule has 8 nitrogen and oxygen atoms in total. The molecule has 1 aromatic rings. The van der Waals surface area contributed by atoms with E-state index in [1.54, 1.807) is 13.8 Å². The third-order valence-electron chi connectivity index (χ3n) is 4.70. The largest absolute Gasteiger partial charge is 0.449 e. The molecule has 0 aliphatic carbocycles. The van der Waals surface area contributed by atoms with Crippen molar-refractivity contribution >= 4 is 23.7 Å². The predicted molar refractivity (Wildman–Crippen MR) is 98.9 cm³/mol. The number of hydrogen-bond donors (Lipinski definition) is 1. The molecule has 0 bridgehead atoms. The second-order valence-electron chi connectivity index (χ2n) is 7.33. The van der Waals surface area contributed by atoms with Crippen LogP contribution < -0.4 is 5.32 Å². The summed E-state index contributed by atoms with van der Waals surface area (Å²) in [4.78, 5) is 50.6. The predicted octanol–water partition coefficient (Wildman–Crippen LogP) is 1.53. The Balaban J connectivity index is 1.71. The minimum atomic E-state index is -0.975. The first-order valence-corrected chi connectivity index (χ1v) is 9.41. The van der Waals surface area contributed by atoms with E-state index in [0.29, 0.717) is 6.61 Å². The average Bonchev–Trinajstić information content (AvgIpc) is 3.24. The number of benzene rings is 1. The lowest BCUT2D eigenvalue weighted by atomic mass is 10.1. The van der Waals surface area contributed by atoms with Crippen LogP contribution in [0.25, 0.3) is 0 Å². The van der Waals surface area contributed by atoms with Gasteiger partial charge in [0.25, 0.3) is 17.7 Å². The second kappa shape index (κ2) is 8.10. The number of fused-ring (bicyclic) bond motifs is 1. The number of rotatable bonds is 6. The third-order valence-corrected chi connectivity index (χ3v) is 4.70. The number of nitrogens with zero attached hydrogens (tertiary/aromatic N) is 1. The topological polar surface area (TPSA) is 102 Å². The van der Waals surface area contributed by atoms with Gasteiger partial charge >= 0.3 is 5.97 Å². The van der Waals surface area contributed by atoms with Crippen LogP contribution >= 0.6 is 0 Å². The van der Waals surface area contributed by atoms with E-state index in [1.165, 1.54) is 25.1 Å². The molecule has 2 atom stereocenters. The molecule has 2 unspecified atom stereocenters. The molecule has 3 amide bonds. The van der Waals surface area contributed by atoms with Gasteiger partial charge in [0, 0.05) is 12.6 Å². The lowest BCUT2D eigenvalue weighted by molar-refractivity contribution is -0.129. The number of esters is 1. The minimum Gasteiger partial charge on any atom is -0.449 e. The van der Waals surface area contributed by atoms with Gasteiger partial charge in [-0.05, 0) is 51.8 Å². The molecule has 2 heterocycles. The van der Waals surface area contributed by atoms with Gasteiger partial charge in [-0.1, -0.05) is 0 Å². The number of amides is 3. The van der Waals surface area contributed by atoms with Crippen LogP contribution in [0.3, 0.4) is 0 Å². The molecule has 0 aromatic heterocycles. The van der Waals surface area contributed by atoms with Gasteiger partial charge in [-0.2, -0.15) is 0 Å². The highest BCUT2D eigenvalue weighted by Crippen LogP contribution is 2.26. The molecule has 0 spiro atoms. The van der Waals surface area contributed by atoms with E-state index < -0.39 is 23.9 Å². The first-order valence-electron chi connectivity index (χ1n) is 9.41. The van der Waals surface area contributed by atoms with E-state index in [0.717, 1.165) is 17.7 Å². The van der Waals surface area contributed by atoms with Gasteiger partial charge in [-0.15, -0.1) is 0 Å². The molecular formula is C20H24N2O6. The van der Waals surface area contributed by atoms with Crippen molar-refractivity contribution in [1.82, 2.24) is 10.2 Å². The van der Waals surface area contributed by atoms with Crippen molar-refractivity contribution in [2.45, 2.75) is 51.9 Å². The summed E-state index contributed by atoms with van der Waals surface area (Å²) in [5, 5.41) is 2.66. The normalized spacial score (nSPS) is 19.7. The van der Waals surface area contributed by atoms with Crippen molar-refractivity contribution in [3.8, 4) is 0 Å². The molecule has 2 aliphatic heterocycles. The summed E-state index contributed by atoms with van der Waals surface area (Å²) in [5.74, 6) is -1.97. The molecular weight excluding hydrogens is 364 g/mol. The third kappa shape index (κ3) is 4.06. The molecule has 150 valence electrons. The first-order chi connectivity index (χ1) is 13.3. The van der Waals surface area contributed by atoms with E-state index in [1.807, 2.05) is 0 Å². The molecule has 0 saturated carbocycles. The number of carbonyl (C=O) groups excluding carboxylic acids is 4. The highest BCUT2D eigenvalue weighted by Gasteiger charge is 2.38. The standard InChI is InChI=1S/C20H24N2O6/c1-11(2)21-17(23)12(3)28-20(26)13-6-7-15-16(9-13)19(25)22(18(15)24)10-14-5-4-8-27-14/h6-7,9,11-12,14H,4-5,8,10H2,1-3H3,(H,21,23). The van der Waals surface area contributed by atoms with Crippen LogP contribution in [0, 0.1) is 0 Å². The Kier molecular flexibility index (Phi) is 5.79. The van der Waals surface area contributed by atoms with Gasteiger partial charge in [0.2, 0.25) is 0 Å². The first kappa shape index (κ1) is 20.0. The highest BCUT2D eigenvalue weighted by atomic mass is 16.5. The molecule has 1 aromatic carbocycles. The van der Waals surface area contributed by atoms with Gasteiger partial charge < -0.3 is 14.8 Å². The zero-order valence-corrected chi connectivity index (χ0v) is 16.2. The highest BCUT2D eigenvalue weighted by molar-refractivity contribution is 6.22. The fourth-order valence-corrected chi connectivity index (χ4v) is 3.26. The van der Waals surface area contributed by atoms with E-state index in [2.05, 4.69) is 5.32 Å². The van der Waals surface area contributed by atoms with Crippen molar-refractivity contribution in [2.24, 2.45) is 0 Å². The Morgan fingerprint density at radius 2 is 1.93 bits per heavy atom. The summed E-state index contributed by atoms with van der Waals surface area (Å²) in [6.45, 7) is 5.92. The minimum absolute atomic E-state index is 0.0767. The summed E-state index contributed by atoms with van der Waals surface area (Å²) in [6.07, 6.45) is 0.594. The fourth-order valence-electron chi connectivity index (χ4n) is 3.26. The molecule has 2 aliphatic rings. The summed E-state index contributed by atoms with van der Waals surface area (Å²) >= 11 is 0. The molecule has 0 radical (unpaired) electrons. The maximum absolute atomic E-state index is 12.7. The number of nitrogens with one attached hydrogen (secondary N) is 1. The quantitative estimate of drug-likeness (QED) is 0.586. The van der Waals surface area contributed by atoms with Crippen LogP contribution in [0.15, 0.2) is 18.2 Å². The van der Waals surface area contributed by atoms with Crippen molar-refractivity contribution in [1.29, 1.82) is 0 Å². The zero-order chi connectivity index (χ0) is 20.4. The van der Waals surface area contributed by atoms with Crippen molar-refractivity contribution in [3.05, 3.63) is 34.9 Å². The second-order valence-corrected chi connectivity index (χ2v) is 7.33. The SMILES string of the molecule is CC(C)NC(=O)C(C)OC(=O)c1ccc2c(c1)C(=O)N(CC1CCCO1)C2=O. The Bertz CT molecular complexity index is 813. The summed E-state index contributed by atoms with van der Waals surface area (Å²) in [7, 11) is 0. The lowest BCUT2D eigenvalue weighted by Crippen LogP contribution is -2.39. The van der Waals surface area contributed by atoms with Gasteiger partial charge in [-0.25, -0.2) is 4.79 Å². The van der Waals surface area contributed by atoms with Crippen LogP contribution in [0.4, 0.5) is 0 Å². The summed E-state index contributed by atoms with van der Waals surface area (Å²) in [5.41, 5.74) is 0.532. The van der Waals surface area contributed by atoms with E-state index in [-0.39, 0.29) is 41.3 Å². The summed E-state index contributed by atoms with van der Waals surface area (Å²) < 4.78 is 10.7. The van der Waals surface area contributed by atoms with Crippen LogP contribution in [-0.2, 0) is 14.3 Å². The van der Waals surface area contributed by atoms with E-state index >= 15 is 0 Å². The van der Waals surface area contributed by atoms with Crippen LogP contribution in [0.2, 0.25) is 0 Å². The zero-order valence-electron chi connectivity index (χ0n) is 16.2. The van der Waals surface area contributed by atoms with Crippen molar-refractivity contribution < 1.29 is 28.7 Å². The van der Waals surface area contributed by atoms with E-state index in [9.17, 15) is 19.2 Å². The monoisotopic (exact) mass is 388 g/mol. The maximum atomic E-state index is 12.7. The van der Waals surface area contributed by atoms with Crippen LogP contribution in [0.5, 0.6) is 0 Å². The van der Waals surface area contributed by atoms with Crippen molar-refractivity contribution in [2.75, 3.05) is 13.2 Å². The van der Waals surface area contributed by atoms with Gasteiger partial charge in [0.15, 0.2) is 6.10 Å². The molecule has 1 fully saturated rings. The smallest absolute Gasteiger partial charge is 0.338 e. The number of imide groups is 1. The molecule has 8 heteroatoms. The van der Waals surface area contributed by atoms with Crippen LogP contribution in [0.1, 0.15) is 64.7 Å². The number of ether oxygens (including phenoxy) is 2. The Labute approximate surface area is 163 Å². The van der Waals surface area contributed by atoms with Crippen molar-refractivity contribution in [3.63, 3.8) is 0 Å². The van der Waals surface area contributed by atoms with Gasteiger partial charge in [-0.3, -0.25) is 19.3 Å². The van der Waals surface area contributed by atoms with Gasteiger partial charge in [0.05, 0.1) is 29.3 Å². The number of carbonyl (C=O) groups is 4. The Morgan fingerprint density at radius 3 is 2.57 bits per heavy atom. The van der Waals surface area contributed by atoms with Gasteiger partial charge in [0.1, 0.15) is 0 Å². The van der Waals surface area contributed by atoms with E-state index in [4.69, 9.17) is 9.47 Å². The molecule has 1 N–H and O–H groups in total. The average molecular weight is 388 g/mol. The number of hydrogen-bond acceptors (Lipinski definition) is 6.